The van der Waals surface area contributed by atoms with Crippen LogP contribution in [0.15, 0.2) is 34.4 Å². The van der Waals surface area contributed by atoms with Crippen LogP contribution in [-0.4, -0.2) is 15.6 Å². The molecule has 4 saturated carbocycles. The zero-order valence-electron chi connectivity index (χ0n) is 20.8. The first kappa shape index (κ1) is 23.0. The third-order valence-corrected chi connectivity index (χ3v) is 10.5. The van der Waals surface area contributed by atoms with E-state index in [0.29, 0.717) is 40.9 Å². The van der Waals surface area contributed by atoms with Crippen LogP contribution in [0.1, 0.15) is 60.8 Å². The number of hydrogen-bond acceptors (Lipinski definition) is 6. The molecule has 8 heteroatoms. The number of fused-ring (bicyclic) bond motifs is 4. The second kappa shape index (κ2) is 7.36. The Kier molecular flexibility index (Phi) is 4.98. The van der Waals surface area contributed by atoms with Crippen LogP contribution in [0.4, 0.5) is 17.1 Å². The van der Waals surface area contributed by atoms with E-state index in [-0.39, 0.29) is 22.5 Å². The molecular formula is C26H34N4O4. The summed E-state index contributed by atoms with van der Waals surface area (Å²) in [7, 11) is 0. The molecule has 0 heterocycles. The van der Waals surface area contributed by atoms with Crippen molar-refractivity contribution in [3.8, 4) is 0 Å². The number of nitrogens with one attached hydrogen (secondary N) is 1. The van der Waals surface area contributed by atoms with Gasteiger partial charge in [0.25, 0.3) is 5.69 Å². The Bertz CT molecular complexity index is 1150. The normalized spacial score (nSPS) is 38.0. The molecule has 4 aliphatic carbocycles. The molecule has 0 spiro atoms. The van der Waals surface area contributed by atoms with Crippen molar-refractivity contribution in [1.82, 2.24) is 0 Å². The average Bonchev–Trinajstić information content (AvgIpc) is 3.47. The van der Waals surface area contributed by atoms with E-state index in [1.807, 2.05) is 0 Å². The van der Waals surface area contributed by atoms with Crippen LogP contribution in [0.5, 0.6) is 0 Å². The number of benzene rings is 1. The predicted molar refractivity (Wildman–Crippen MR) is 132 cm³/mol. The van der Waals surface area contributed by atoms with Crippen LogP contribution in [0.3, 0.4) is 0 Å². The van der Waals surface area contributed by atoms with Gasteiger partial charge in [0.2, 0.25) is 0 Å². The van der Waals surface area contributed by atoms with E-state index in [1.54, 1.807) is 5.57 Å². The van der Waals surface area contributed by atoms with Crippen molar-refractivity contribution in [2.75, 3.05) is 5.43 Å². The highest BCUT2D eigenvalue weighted by Crippen LogP contribution is 2.67. The van der Waals surface area contributed by atoms with Gasteiger partial charge in [-0.25, -0.2) is 0 Å². The fourth-order valence-corrected chi connectivity index (χ4v) is 7.57. The number of hydrazone groups is 1. The molecule has 4 aliphatic rings. The third kappa shape index (κ3) is 3.06. The van der Waals surface area contributed by atoms with Crippen molar-refractivity contribution in [3.63, 3.8) is 0 Å². The molecule has 0 saturated heterocycles. The first-order valence-corrected chi connectivity index (χ1v) is 12.3. The second-order valence-electron chi connectivity index (χ2n) is 12.1. The maximum atomic E-state index is 11.6. The molecule has 0 aliphatic heterocycles. The molecular weight excluding hydrogens is 432 g/mol. The zero-order chi connectivity index (χ0) is 24.7. The summed E-state index contributed by atoms with van der Waals surface area (Å²) in [5.74, 6) is 3.12. The third-order valence-electron chi connectivity index (χ3n) is 10.5. The van der Waals surface area contributed by atoms with Crippen LogP contribution < -0.4 is 5.43 Å². The molecule has 8 nitrogen and oxygen atoms in total. The highest BCUT2D eigenvalue weighted by atomic mass is 16.6. The quantitative estimate of drug-likeness (QED) is 0.398. The lowest BCUT2D eigenvalue weighted by atomic mass is 9.62. The highest BCUT2D eigenvalue weighted by Gasteiger charge is 2.60. The van der Waals surface area contributed by atoms with E-state index in [0.717, 1.165) is 24.6 Å². The Morgan fingerprint density at radius 3 is 2.24 bits per heavy atom. The fourth-order valence-electron chi connectivity index (χ4n) is 7.57. The van der Waals surface area contributed by atoms with Crippen molar-refractivity contribution < 1.29 is 9.85 Å². The maximum absolute atomic E-state index is 11.6. The fraction of sp³-hybridized carbons (Fsp3) is 0.654. The topological polar surface area (TPSA) is 111 Å². The number of nitrogens with zero attached hydrogens (tertiary/aromatic N) is 3. The molecule has 4 bridgehead atoms. The molecule has 0 radical (unpaired) electrons. The molecule has 6 unspecified atom stereocenters. The van der Waals surface area contributed by atoms with Gasteiger partial charge in [0.15, 0.2) is 0 Å². The Balaban J connectivity index is 1.56. The molecule has 1 N–H and O–H groups in total. The zero-order valence-corrected chi connectivity index (χ0v) is 20.8. The lowest BCUT2D eigenvalue weighted by Gasteiger charge is -2.42. The van der Waals surface area contributed by atoms with Gasteiger partial charge >= 0.3 is 5.69 Å². The van der Waals surface area contributed by atoms with E-state index in [9.17, 15) is 20.2 Å². The number of non-ortho nitro benzene ring substituents is 1. The smallest absolute Gasteiger partial charge is 0.271 e. The summed E-state index contributed by atoms with van der Waals surface area (Å²) in [5, 5.41) is 27.5. The summed E-state index contributed by atoms with van der Waals surface area (Å²) < 4.78 is 0. The molecule has 5 rings (SSSR count). The molecule has 0 amide bonds. The first-order chi connectivity index (χ1) is 15.9. The minimum Gasteiger partial charge on any atom is -0.271 e. The van der Waals surface area contributed by atoms with Gasteiger partial charge in [0.1, 0.15) is 5.69 Å². The molecule has 182 valence electrons. The van der Waals surface area contributed by atoms with Gasteiger partial charge in [-0.1, -0.05) is 47.1 Å². The van der Waals surface area contributed by atoms with E-state index in [4.69, 9.17) is 5.10 Å². The SMILES string of the molecule is CC1C2CC(CC2=C2C(=NNc3ccc([N+](=O)[O-])cc3[N+](=O)[O-])C3CC2C(C)(C)C3C)C1(C)C. The van der Waals surface area contributed by atoms with Crippen molar-refractivity contribution in [2.45, 2.75) is 60.8 Å². The van der Waals surface area contributed by atoms with Crippen LogP contribution >= 0.6 is 0 Å². The molecule has 0 aromatic heterocycles. The minimum atomic E-state index is -0.622. The Morgan fingerprint density at radius 1 is 0.971 bits per heavy atom. The molecule has 1 aromatic rings. The van der Waals surface area contributed by atoms with Crippen LogP contribution in [0, 0.1) is 66.6 Å². The first-order valence-electron chi connectivity index (χ1n) is 12.3. The number of nitro groups is 2. The van der Waals surface area contributed by atoms with Crippen LogP contribution in [-0.2, 0) is 0 Å². The summed E-state index contributed by atoms with van der Waals surface area (Å²) in [6.45, 7) is 14.2. The standard InChI is InChI=1S/C26H34N4O4/c1-13-17-9-15(25(13,3)4)10-19(17)23-20-12-18(14(2)26(20,5)6)24(23)28-27-21-8-7-16(29(31)32)11-22(21)30(33)34/h7-8,11,13-15,17-18,20,27H,9-10,12H2,1-6H3. The van der Waals surface area contributed by atoms with Crippen molar-refractivity contribution in [3.05, 3.63) is 49.6 Å². The summed E-state index contributed by atoms with van der Waals surface area (Å²) >= 11 is 0. The lowest BCUT2D eigenvalue weighted by molar-refractivity contribution is -0.393. The highest BCUT2D eigenvalue weighted by molar-refractivity contribution is 6.07. The van der Waals surface area contributed by atoms with E-state index in [2.05, 4.69) is 47.0 Å². The Labute approximate surface area is 200 Å². The van der Waals surface area contributed by atoms with Crippen molar-refractivity contribution in [1.29, 1.82) is 0 Å². The van der Waals surface area contributed by atoms with Crippen molar-refractivity contribution >= 4 is 22.8 Å². The van der Waals surface area contributed by atoms with Gasteiger partial charge in [0, 0.05) is 12.0 Å². The predicted octanol–water partition coefficient (Wildman–Crippen LogP) is 6.58. The summed E-state index contributed by atoms with van der Waals surface area (Å²) in [4.78, 5) is 21.5. The van der Waals surface area contributed by atoms with E-state index < -0.39 is 9.85 Å². The molecule has 4 fully saturated rings. The molecule has 6 atom stereocenters. The number of nitro benzene ring substituents is 2. The summed E-state index contributed by atoms with van der Waals surface area (Å²) in [5.41, 5.74) is 7.06. The Morgan fingerprint density at radius 2 is 1.65 bits per heavy atom. The van der Waals surface area contributed by atoms with Gasteiger partial charge < -0.3 is 0 Å². The number of anilines is 1. The van der Waals surface area contributed by atoms with Gasteiger partial charge in [-0.2, -0.15) is 5.10 Å². The summed E-state index contributed by atoms with van der Waals surface area (Å²) in [6, 6.07) is 3.66. The average molecular weight is 467 g/mol. The summed E-state index contributed by atoms with van der Waals surface area (Å²) in [6.07, 6.45) is 3.45. The largest absolute Gasteiger partial charge is 0.301 e. The minimum absolute atomic E-state index is 0.185. The number of allylic oxidation sites excluding steroid dienone is 2. The monoisotopic (exact) mass is 466 g/mol. The number of hydrogen-bond donors (Lipinski definition) is 1. The van der Waals surface area contributed by atoms with Gasteiger partial charge in [0.05, 0.1) is 21.6 Å². The van der Waals surface area contributed by atoms with Gasteiger partial charge in [-0.05, 0) is 71.3 Å². The van der Waals surface area contributed by atoms with E-state index in [1.165, 1.54) is 24.1 Å². The Hall–Kier alpha value is -2.77. The van der Waals surface area contributed by atoms with Crippen LogP contribution in [0.25, 0.3) is 0 Å². The second-order valence-corrected chi connectivity index (χ2v) is 12.1. The maximum Gasteiger partial charge on any atom is 0.301 e. The van der Waals surface area contributed by atoms with Crippen LogP contribution in [0.2, 0.25) is 0 Å². The van der Waals surface area contributed by atoms with Crippen molar-refractivity contribution in [2.24, 2.45) is 51.4 Å². The molecule has 1 aromatic carbocycles. The van der Waals surface area contributed by atoms with Gasteiger partial charge in [-0.3, -0.25) is 25.7 Å². The number of rotatable bonds is 4. The lowest BCUT2D eigenvalue weighted by Crippen LogP contribution is -2.38. The van der Waals surface area contributed by atoms with Gasteiger partial charge in [-0.15, -0.1) is 0 Å². The van der Waals surface area contributed by atoms with E-state index >= 15 is 0 Å². The molecule has 34 heavy (non-hydrogen) atoms.